The molecule has 132 valence electrons. The molecule has 2 rings (SSSR count). The summed E-state index contributed by atoms with van der Waals surface area (Å²) in [4.78, 5) is 11.9. The van der Waals surface area contributed by atoms with Gasteiger partial charge in [0.05, 0.1) is 12.7 Å². The molecule has 1 heterocycles. The third-order valence-electron chi connectivity index (χ3n) is 3.13. The summed E-state index contributed by atoms with van der Waals surface area (Å²) in [5.74, 6) is -4.09. The van der Waals surface area contributed by atoms with E-state index in [9.17, 15) is 22.0 Å². The molecule has 0 bridgehead atoms. The average Bonchev–Trinajstić information content (AvgIpc) is 2.89. The Morgan fingerprint density at radius 1 is 1.38 bits per heavy atom. The molecule has 11 heteroatoms. The molecular weight excluding hydrogens is 432 g/mol. The quantitative estimate of drug-likeness (QED) is 0.525. The zero-order valence-corrected chi connectivity index (χ0v) is 15.7. The number of nitrogens with zero attached hydrogens (tertiary/aromatic N) is 1. The van der Waals surface area contributed by atoms with E-state index in [1.54, 1.807) is 0 Å². The van der Waals surface area contributed by atoms with Gasteiger partial charge in [0.15, 0.2) is 20.3 Å². The third-order valence-corrected chi connectivity index (χ3v) is 6.78. The highest BCUT2D eigenvalue weighted by Crippen LogP contribution is 2.35. The molecule has 24 heavy (non-hydrogen) atoms. The number of rotatable bonds is 4. The summed E-state index contributed by atoms with van der Waals surface area (Å²) in [5, 5.41) is 0. The van der Waals surface area contributed by atoms with Gasteiger partial charge in [0.25, 0.3) is 0 Å². The maximum absolute atomic E-state index is 13.8. The summed E-state index contributed by atoms with van der Waals surface area (Å²) in [5.41, 5.74) is -0.364. The van der Waals surface area contributed by atoms with E-state index in [0.717, 1.165) is 25.5 Å². The fraction of sp³-hybridized carbons (Fsp3) is 0.385. The molecule has 1 aliphatic heterocycles. The van der Waals surface area contributed by atoms with Crippen LogP contribution in [-0.4, -0.2) is 38.2 Å². The molecular formula is C13H12BrF2NO5S2. The monoisotopic (exact) mass is 443 g/mol. The van der Waals surface area contributed by atoms with Crippen molar-refractivity contribution in [3.63, 3.8) is 0 Å². The fourth-order valence-corrected chi connectivity index (χ4v) is 4.58. The first kappa shape index (κ1) is 19.1. The van der Waals surface area contributed by atoms with Crippen molar-refractivity contribution in [1.82, 2.24) is 0 Å². The van der Waals surface area contributed by atoms with Crippen molar-refractivity contribution < 1.29 is 31.5 Å². The number of sulfone groups is 1. The van der Waals surface area contributed by atoms with Crippen molar-refractivity contribution in [1.29, 1.82) is 0 Å². The highest BCUT2D eigenvalue weighted by Gasteiger charge is 2.46. The zero-order chi connectivity index (χ0) is 18.1. The lowest BCUT2D eigenvalue weighted by molar-refractivity contribution is -0.143. The normalized spacial score (nSPS) is 20.6. The SMILES string of the molecule is COC(=O)C1C(OCc2c(F)cc(Br)cc2F)=NSC1S(C)(=O)=O. The van der Waals surface area contributed by atoms with Crippen LogP contribution in [0.1, 0.15) is 5.56 Å². The molecule has 1 aromatic carbocycles. The van der Waals surface area contributed by atoms with Crippen LogP contribution in [0.5, 0.6) is 0 Å². The number of ether oxygens (including phenoxy) is 2. The van der Waals surface area contributed by atoms with Crippen molar-refractivity contribution in [2.24, 2.45) is 10.3 Å². The van der Waals surface area contributed by atoms with Crippen LogP contribution in [0.2, 0.25) is 0 Å². The summed E-state index contributed by atoms with van der Waals surface area (Å²) < 4.78 is 63.7. The molecule has 1 aliphatic rings. The number of methoxy groups -OCH3 is 1. The molecule has 0 N–H and O–H groups in total. The number of halogens is 3. The minimum absolute atomic E-state index is 0.222. The predicted molar refractivity (Wildman–Crippen MR) is 88.0 cm³/mol. The summed E-state index contributed by atoms with van der Waals surface area (Å²) in [6.45, 7) is -0.547. The second-order valence-corrected chi connectivity index (χ2v) is 9.15. The van der Waals surface area contributed by atoms with Gasteiger partial charge in [-0.05, 0) is 24.1 Å². The summed E-state index contributed by atoms with van der Waals surface area (Å²) in [6, 6.07) is 2.12. The Morgan fingerprint density at radius 3 is 2.46 bits per heavy atom. The van der Waals surface area contributed by atoms with Crippen LogP contribution in [0.3, 0.4) is 0 Å². The molecule has 0 fully saturated rings. The van der Waals surface area contributed by atoms with Crippen LogP contribution >= 0.6 is 27.9 Å². The molecule has 0 saturated carbocycles. The molecule has 0 saturated heterocycles. The van der Waals surface area contributed by atoms with Crippen molar-refractivity contribution >= 4 is 49.6 Å². The third kappa shape index (κ3) is 4.06. The van der Waals surface area contributed by atoms with Crippen LogP contribution in [0.25, 0.3) is 0 Å². The number of hydrogen-bond donors (Lipinski definition) is 0. The molecule has 6 nitrogen and oxygen atoms in total. The van der Waals surface area contributed by atoms with E-state index in [0.29, 0.717) is 11.9 Å². The van der Waals surface area contributed by atoms with Crippen LogP contribution in [-0.2, 0) is 30.7 Å². The molecule has 0 aliphatic carbocycles. The van der Waals surface area contributed by atoms with Crippen molar-refractivity contribution in [3.8, 4) is 0 Å². The van der Waals surface area contributed by atoms with Gasteiger partial charge in [-0.2, -0.15) is 4.40 Å². The number of esters is 1. The van der Waals surface area contributed by atoms with Crippen LogP contribution in [0.4, 0.5) is 8.78 Å². The molecule has 0 aromatic heterocycles. The summed E-state index contributed by atoms with van der Waals surface area (Å²) in [6.07, 6.45) is 0.952. The lowest BCUT2D eigenvalue weighted by Gasteiger charge is -2.16. The molecule has 2 unspecified atom stereocenters. The summed E-state index contributed by atoms with van der Waals surface area (Å²) >= 11 is 3.59. The van der Waals surface area contributed by atoms with Crippen LogP contribution in [0, 0.1) is 17.6 Å². The standard InChI is InChI=1S/C13H12BrF2NO5S2/c1-21-12(18)10-11(17-23-13(10)24(2,19)20)22-5-7-8(15)3-6(14)4-9(7)16/h3-4,10,13H,5H2,1-2H3. The first-order valence-electron chi connectivity index (χ1n) is 6.41. The van der Waals surface area contributed by atoms with Crippen molar-refractivity contribution in [2.75, 3.05) is 13.4 Å². The molecule has 2 atom stereocenters. The van der Waals surface area contributed by atoms with Gasteiger partial charge in [-0.3, -0.25) is 4.79 Å². The molecule has 0 amide bonds. The van der Waals surface area contributed by atoms with E-state index in [-0.39, 0.29) is 15.9 Å². The Kier molecular flexibility index (Phi) is 5.87. The van der Waals surface area contributed by atoms with Gasteiger partial charge in [0.2, 0.25) is 5.90 Å². The van der Waals surface area contributed by atoms with Crippen molar-refractivity contribution in [3.05, 3.63) is 33.8 Å². The molecule has 1 aromatic rings. The zero-order valence-electron chi connectivity index (χ0n) is 12.5. The Balaban J connectivity index is 2.22. The average molecular weight is 444 g/mol. The Morgan fingerprint density at radius 2 is 1.96 bits per heavy atom. The number of carbonyl (C=O) groups is 1. The van der Waals surface area contributed by atoms with Gasteiger partial charge in [-0.25, -0.2) is 17.2 Å². The Hall–Kier alpha value is -1.20. The Labute approximate surface area is 149 Å². The van der Waals surface area contributed by atoms with Crippen LogP contribution < -0.4 is 0 Å². The minimum atomic E-state index is -3.63. The largest absolute Gasteiger partial charge is 0.475 e. The lowest BCUT2D eigenvalue weighted by atomic mass is 10.1. The van der Waals surface area contributed by atoms with E-state index >= 15 is 0 Å². The molecule has 0 spiro atoms. The maximum atomic E-state index is 13.8. The van der Waals surface area contributed by atoms with Gasteiger partial charge in [-0.1, -0.05) is 15.9 Å². The second-order valence-electron chi connectivity index (χ2n) is 4.87. The van der Waals surface area contributed by atoms with Gasteiger partial charge in [0.1, 0.15) is 18.2 Å². The predicted octanol–water partition coefficient (Wildman–Crippen LogP) is 2.46. The topological polar surface area (TPSA) is 82.0 Å². The van der Waals surface area contributed by atoms with E-state index in [1.807, 2.05) is 0 Å². The first-order valence-corrected chi connectivity index (χ1v) is 10.00. The maximum Gasteiger partial charge on any atom is 0.320 e. The van der Waals surface area contributed by atoms with Crippen molar-refractivity contribution in [2.45, 2.75) is 11.2 Å². The Bertz CT molecular complexity index is 777. The van der Waals surface area contributed by atoms with E-state index in [2.05, 4.69) is 25.1 Å². The van der Waals surface area contributed by atoms with E-state index in [1.165, 1.54) is 0 Å². The number of benzene rings is 1. The van der Waals surface area contributed by atoms with E-state index in [4.69, 9.17) is 4.74 Å². The minimum Gasteiger partial charge on any atom is -0.475 e. The fourth-order valence-electron chi connectivity index (χ4n) is 1.97. The van der Waals surface area contributed by atoms with Gasteiger partial charge in [-0.15, -0.1) is 0 Å². The second kappa shape index (κ2) is 7.36. The molecule has 0 radical (unpaired) electrons. The summed E-state index contributed by atoms with van der Waals surface area (Å²) in [7, 11) is -2.54. The highest BCUT2D eigenvalue weighted by molar-refractivity contribution is 9.10. The number of hydrogen-bond acceptors (Lipinski definition) is 7. The van der Waals surface area contributed by atoms with Gasteiger partial charge < -0.3 is 9.47 Å². The first-order chi connectivity index (χ1) is 11.1. The lowest BCUT2D eigenvalue weighted by Crippen LogP contribution is -2.36. The van der Waals surface area contributed by atoms with Crippen LogP contribution in [0.15, 0.2) is 21.0 Å². The van der Waals surface area contributed by atoms with E-state index < -0.39 is 44.5 Å². The van der Waals surface area contributed by atoms with Gasteiger partial charge in [0, 0.05) is 10.7 Å². The number of carbonyl (C=O) groups excluding carboxylic acids is 1. The highest BCUT2D eigenvalue weighted by atomic mass is 79.9. The van der Waals surface area contributed by atoms with Gasteiger partial charge >= 0.3 is 5.97 Å². The smallest absolute Gasteiger partial charge is 0.320 e.